The fraction of sp³-hybridized carbons (Fsp3) is 0.381. The molecule has 0 heterocycles. The van der Waals surface area contributed by atoms with E-state index in [1.165, 1.54) is 26.8 Å². The molecule has 0 saturated heterocycles. The van der Waals surface area contributed by atoms with Gasteiger partial charge in [0.1, 0.15) is 11.6 Å². The number of nitrogens with two attached hydrogens (primary N) is 1. The number of carbonyl (C=O) groups excluding carboxylic acids is 1. The van der Waals surface area contributed by atoms with Gasteiger partial charge >= 0.3 is 12.1 Å². The molecule has 0 aliphatic carbocycles. The van der Waals surface area contributed by atoms with Crippen LogP contribution >= 0.6 is 0 Å². The molecular formula is C21H21F5NO2Si. The third-order valence-corrected chi connectivity index (χ3v) is 5.11. The number of hydrogen-bond donors (Lipinski definition) is 1. The van der Waals surface area contributed by atoms with Gasteiger partial charge in [0.2, 0.25) is 0 Å². The van der Waals surface area contributed by atoms with E-state index in [0.717, 1.165) is 12.1 Å². The molecule has 3 nitrogen and oxygen atoms in total. The van der Waals surface area contributed by atoms with Crippen molar-refractivity contribution < 1.29 is 31.5 Å². The lowest BCUT2D eigenvalue weighted by Gasteiger charge is -2.27. The Bertz CT molecular complexity index is 963. The van der Waals surface area contributed by atoms with E-state index in [1.807, 2.05) is 0 Å². The Hall–Kier alpha value is -2.26. The summed E-state index contributed by atoms with van der Waals surface area (Å²) >= 11 is 0. The summed E-state index contributed by atoms with van der Waals surface area (Å²) in [5.74, 6) is -2.79. The van der Waals surface area contributed by atoms with Gasteiger partial charge in [-0.1, -0.05) is 0 Å². The molecule has 2 aromatic carbocycles. The van der Waals surface area contributed by atoms with Crippen molar-refractivity contribution in [3.05, 3.63) is 57.7 Å². The first kappa shape index (κ1) is 24.0. The highest BCUT2D eigenvalue weighted by Crippen LogP contribution is 2.39. The van der Waals surface area contributed by atoms with E-state index in [-0.39, 0.29) is 34.4 Å². The van der Waals surface area contributed by atoms with Gasteiger partial charge in [-0.3, -0.25) is 4.79 Å². The third kappa shape index (κ3) is 4.72. The maximum absolute atomic E-state index is 15.5. The normalized spacial score (nSPS) is 13.8. The van der Waals surface area contributed by atoms with Crippen LogP contribution in [0.4, 0.5) is 22.0 Å². The average Bonchev–Trinajstić information content (AvgIpc) is 2.57. The first-order valence-electron chi connectivity index (χ1n) is 9.08. The molecule has 2 rings (SSSR count). The maximum atomic E-state index is 15.5. The highest BCUT2D eigenvalue weighted by atomic mass is 28.1. The van der Waals surface area contributed by atoms with Crippen LogP contribution in [0, 0.1) is 32.4 Å². The lowest BCUT2D eigenvalue weighted by atomic mass is 9.88. The summed E-state index contributed by atoms with van der Waals surface area (Å²) in [6, 6.07) is 3.02. The second-order valence-corrected chi connectivity index (χ2v) is 8.07. The van der Waals surface area contributed by atoms with E-state index >= 15 is 4.39 Å². The number of ether oxygens (including phenoxy) is 1. The molecule has 3 radical (unpaired) electrons. The van der Waals surface area contributed by atoms with Crippen LogP contribution in [0.3, 0.4) is 0 Å². The summed E-state index contributed by atoms with van der Waals surface area (Å²) in [4.78, 5) is 11.8. The fourth-order valence-electron chi connectivity index (χ4n) is 3.43. The Labute approximate surface area is 174 Å². The van der Waals surface area contributed by atoms with E-state index in [1.54, 1.807) is 6.92 Å². The molecule has 0 saturated carbocycles. The zero-order valence-electron chi connectivity index (χ0n) is 16.9. The van der Waals surface area contributed by atoms with Crippen LogP contribution in [-0.4, -0.2) is 22.8 Å². The SMILES string of the molecule is CCOC(=O)C[C@](N)([Si])c1c(F)c(C)cc(-c2c(C)cc(C(F)(F)F)cc2C)c1F. The third-order valence-electron chi connectivity index (χ3n) is 4.69. The summed E-state index contributed by atoms with van der Waals surface area (Å²) in [6.45, 7) is 5.85. The summed E-state index contributed by atoms with van der Waals surface area (Å²) < 4.78 is 74.4. The number of halogens is 5. The van der Waals surface area contributed by atoms with Crippen molar-refractivity contribution in [3.8, 4) is 11.1 Å². The highest BCUT2D eigenvalue weighted by Gasteiger charge is 2.35. The van der Waals surface area contributed by atoms with Gasteiger partial charge in [-0.25, -0.2) is 8.78 Å². The van der Waals surface area contributed by atoms with E-state index in [0.29, 0.717) is 0 Å². The molecule has 2 N–H and O–H groups in total. The number of rotatable bonds is 5. The second-order valence-electron chi connectivity index (χ2n) is 7.18. The van der Waals surface area contributed by atoms with Crippen molar-refractivity contribution in [1.29, 1.82) is 0 Å². The Balaban J connectivity index is 2.72. The highest BCUT2D eigenvalue weighted by molar-refractivity contribution is 6.17. The van der Waals surface area contributed by atoms with Crippen LogP contribution in [-0.2, 0) is 20.9 Å². The molecule has 1 atom stereocenters. The van der Waals surface area contributed by atoms with Crippen molar-refractivity contribution in [2.75, 3.05) is 6.61 Å². The summed E-state index contributed by atoms with van der Waals surface area (Å²) in [5.41, 5.74) is 5.02. The van der Waals surface area contributed by atoms with E-state index < -0.39 is 46.5 Å². The molecule has 0 aliphatic heterocycles. The molecule has 0 amide bonds. The molecule has 0 bridgehead atoms. The average molecular weight is 442 g/mol. The van der Waals surface area contributed by atoms with Crippen molar-refractivity contribution in [1.82, 2.24) is 0 Å². The smallest absolute Gasteiger partial charge is 0.416 e. The number of aryl methyl sites for hydroxylation is 3. The second kappa shape index (κ2) is 8.47. The standard InChI is InChI=1S/C21H21F5NO2Si/c1-5-29-15(28)9-20(27,30)17-18(22)12(4)8-14(19(17)23)16-10(2)6-13(7-11(16)3)21(24,25)26/h6-8H,5,9,27H2,1-4H3/t20-/m0/s1. The van der Waals surface area contributed by atoms with Crippen molar-refractivity contribution in [2.24, 2.45) is 5.73 Å². The van der Waals surface area contributed by atoms with Gasteiger partial charge in [-0.15, -0.1) is 0 Å². The molecular weight excluding hydrogens is 421 g/mol. The van der Waals surface area contributed by atoms with Crippen LogP contribution in [0.5, 0.6) is 0 Å². The van der Waals surface area contributed by atoms with E-state index in [4.69, 9.17) is 10.5 Å². The summed E-state index contributed by atoms with van der Waals surface area (Å²) in [5, 5.41) is -1.92. The van der Waals surface area contributed by atoms with Gasteiger partial charge in [-0.2, -0.15) is 13.2 Å². The molecule has 0 aromatic heterocycles. The lowest BCUT2D eigenvalue weighted by Crippen LogP contribution is -2.42. The molecule has 0 unspecified atom stereocenters. The number of carbonyl (C=O) groups is 1. The van der Waals surface area contributed by atoms with Gasteiger partial charge in [0.15, 0.2) is 0 Å². The van der Waals surface area contributed by atoms with Crippen LogP contribution in [0.15, 0.2) is 18.2 Å². The predicted molar refractivity (Wildman–Crippen MR) is 104 cm³/mol. The summed E-state index contributed by atoms with van der Waals surface area (Å²) in [7, 11) is 3.09. The minimum absolute atomic E-state index is 0.0250. The Morgan fingerprint density at radius 3 is 2.03 bits per heavy atom. The number of hydrogen-bond acceptors (Lipinski definition) is 3. The molecule has 0 fully saturated rings. The van der Waals surface area contributed by atoms with Gasteiger partial charge in [0.25, 0.3) is 0 Å². The first-order chi connectivity index (χ1) is 13.7. The molecule has 2 aromatic rings. The maximum Gasteiger partial charge on any atom is 0.416 e. The van der Waals surface area contributed by atoms with Crippen molar-refractivity contribution >= 4 is 16.2 Å². The molecule has 0 aliphatic rings. The minimum Gasteiger partial charge on any atom is -0.466 e. The van der Waals surface area contributed by atoms with Crippen LogP contribution in [0.25, 0.3) is 11.1 Å². The molecule has 0 spiro atoms. The molecule has 9 heteroatoms. The van der Waals surface area contributed by atoms with Gasteiger partial charge in [0.05, 0.1) is 28.8 Å². The fourth-order valence-corrected chi connectivity index (χ4v) is 3.79. The monoisotopic (exact) mass is 442 g/mol. The van der Waals surface area contributed by atoms with Crippen LogP contribution in [0.1, 0.15) is 41.2 Å². The quantitative estimate of drug-likeness (QED) is 0.411. The zero-order chi connectivity index (χ0) is 23.0. The zero-order valence-corrected chi connectivity index (χ0v) is 17.9. The number of alkyl halides is 3. The Kier molecular flexibility index (Phi) is 6.78. The largest absolute Gasteiger partial charge is 0.466 e. The van der Waals surface area contributed by atoms with Crippen LogP contribution < -0.4 is 5.73 Å². The van der Waals surface area contributed by atoms with Gasteiger partial charge in [-0.05, 0) is 68.1 Å². The lowest BCUT2D eigenvalue weighted by molar-refractivity contribution is -0.144. The Morgan fingerprint density at radius 2 is 1.57 bits per heavy atom. The van der Waals surface area contributed by atoms with Crippen LogP contribution in [0.2, 0.25) is 0 Å². The van der Waals surface area contributed by atoms with E-state index in [2.05, 4.69) is 10.2 Å². The minimum atomic E-state index is -4.56. The predicted octanol–water partition coefficient (Wildman–Crippen LogP) is 4.81. The van der Waals surface area contributed by atoms with Crippen molar-refractivity contribution in [3.63, 3.8) is 0 Å². The van der Waals surface area contributed by atoms with Crippen molar-refractivity contribution in [2.45, 2.75) is 45.5 Å². The number of benzene rings is 2. The number of esters is 1. The Morgan fingerprint density at radius 1 is 1.03 bits per heavy atom. The topological polar surface area (TPSA) is 52.3 Å². The van der Waals surface area contributed by atoms with Gasteiger partial charge < -0.3 is 10.5 Å². The van der Waals surface area contributed by atoms with E-state index in [9.17, 15) is 22.4 Å². The molecule has 161 valence electrons. The molecule has 30 heavy (non-hydrogen) atoms. The first-order valence-corrected chi connectivity index (χ1v) is 9.58. The van der Waals surface area contributed by atoms with Gasteiger partial charge in [0, 0.05) is 16.3 Å². The summed E-state index contributed by atoms with van der Waals surface area (Å²) in [6.07, 6.45) is -5.11.